The summed E-state index contributed by atoms with van der Waals surface area (Å²) in [5.74, 6) is 1.10. The predicted molar refractivity (Wildman–Crippen MR) is 28.5 cm³/mol. The number of aromatic nitrogens is 4. The van der Waals surface area contributed by atoms with E-state index in [4.69, 9.17) is 0 Å². The van der Waals surface area contributed by atoms with Gasteiger partial charge in [-0.2, -0.15) is 0 Å². The van der Waals surface area contributed by atoms with Crippen LogP contribution in [0.3, 0.4) is 0 Å². The largest absolute Gasteiger partial charge is 0.220 e. The average Bonchev–Trinajstić information content (AvgIpc) is 2.15. The van der Waals surface area contributed by atoms with Crippen LogP contribution in [0.5, 0.6) is 0 Å². The van der Waals surface area contributed by atoms with E-state index < -0.39 is 0 Å². The third-order valence-corrected chi connectivity index (χ3v) is 1.97. The Kier molecular flexibility index (Phi) is 0.780. The van der Waals surface area contributed by atoms with Crippen LogP contribution in [0.2, 0.25) is 0 Å². The van der Waals surface area contributed by atoms with E-state index in [1.165, 1.54) is 0 Å². The van der Waals surface area contributed by atoms with Crippen molar-refractivity contribution in [1.29, 1.82) is 0 Å². The first-order valence-corrected chi connectivity index (χ1v) is 3.34. The summed E-state index contributed by atoms with van der Waals surface area (Å²) >= 11 is 1.70. The number of thioether (sulfide) groups is 1. The summed E-state index contributed by atoms with van der Waals surface area (Å²) in [5, 5.41) is 11.9. The van der Waals surface area contributed by atoms with Crippen molar-refractivity contribution in [3.05, 3.63) is 0 Å². The second kappa shape index (κ2) is 1.45. The highest BCUT2D eigenvalue weighted by Crippen LogP contribution is 2.19. The van der Waals surface area contributed by atoms with Crippen LogP contribution in [0.25, 0.3) is 0 Å². The van der Waals surface area contributed by atoms with Crippen molar-refractivity contribution in [2.24, 2.45) is 0 Å². The summed E-state index contributed by atoms with van der Waals surface area (Å²) < 4.78 is 1.81. The molecule has 4 nitrogen and oxygen atoms in total. The topological polar surface area (TPSA) is 43.6 Å². The first-order chi connectivity index (χ1) is 3.97. The zero-order valence-corrected chi connectivity index (χ0v) is 4.93. The molecule has 0 saturated carbocycles. The van der Waals surface area contributed by atoms with Crippen LogP contribution in [0, 0.1) is 0 Å². The van der Waals surface area contributed by atoms with Gasteiger partial charge >= 0.3 is 0 Å². The minimum Gasteiger partial charge on any atom is -0.220 e. The molecule has 0 radical (unpaired) electrons. The second-order valence-corrected chi connectivity index (χ2v) is 2.60. The first kappa shape index (κ1) is 4.31. The number of rotatable bonds is 0. The van der Waals surface area contributed by atoms with Gasteiger partial charge in [0, 0.05) is 5.75 Å². The summed E-state index contributed by atoms with van der Waals surface area (Å²) in [5.41, 5.74) is 0. The van der Waals surface area contributed by atoms with Gasteiger partial charge in [0.15, 0.2) is 0 Å². The normalized spacial score (nSPS) is 16.5. The number of hydrogen-bond acceptors (Lipinski definition) is 4. The van der Waals surface area contributed by atoms with E-state index in [0.29, 0.717) is 0 Å². The molecule has 1 aliphatic heterocycles. The van der Waals surface area contributed by atoms with E-state index >= 15 is 0 Å². The molecule has 8 heavy (non-hydrogen) atoms. The van der Waals surface area contributed by atoms with Gasteiger partial charge in [-0.25, -0.2) is 4.68 Å². The van der Waals surface area contributed by atoms with Crippen LogP contribution in [0.1, 0.15) is 0 Å². The fourth-order valence-corrected chi connectivity index (χ4v) is 1.48. The molecule has 0 atom stereocenters. The molecule has 1 aliphatic rings. The number of nitrogens with zero attached hydrogens (tertiary/aromatic N) is 4. The maximum absolute atomic E-state index is 3.76. The first-order valence-electron chi connectivity index (χ1n) is 2.36. The Bertz CT molecular complexity index is 176. The van der Waals surface area contributed by atoms with Crippen molar-refractivity contribution in [3.63, 3.8) is 0 Å². The van der Waals surface area contributed by atoms with Crippen LogP contribution in [-0.4, -0.2) is 26.0 Å². The van der Waals surface area contributed by atoms with Crippen molar-refractivity contribution in [2.75, 3.05) is 5.75 Å². The summed E-state index contributed by atoms with van der Waals surface area (Å²) in [6.07, 6.45) is 0. The molecule has 0 bridgehead atoms. The van der Waals surface area contributed by atoms with Crippen LogP contribution >= 0.6 is 11.8 Å². The Labute approximate surface area is 50.3 Å². The van der Waals surface area contributed by atoms with E-state index in [1.807, 2.05) is 4.68 Å². The molecular formula is C3H4N4S. The number of aryl methyl sites for hydroxylation is 1. The zero-order valence-electron chi connectivity index (χ0n) is 4.11. The maximum Gasteiger partial charge on any atom is 0.209 e. The fourth-order valence-electron chi connectivity index (χ4n) is 0.664. The quantitative estimate of drug-likeness (QED) is 0.484. The smallest absolute Gasteiger partial charge is 0.209 e. The molecule has 0 spiro atoms. The van der Waals surface area contributed by atoms with E-state index in [9.17, 15) is 0 Å². The molecule has 1 aromatic heterocycles. The van der Waals surface area contributed by atoms with Crippen LogP contribution in [0.15, 0.2) is 5.16 Å². The Balaban J connectivity index is 2.54. The molecule has 2 rings (SSSR count). The van der Waals surface area contributed by atoms with Gasteiger partial charge < -0.3 is 0 Å². The van der Waals surface area contributed by atoms with Gasteiger partial charge in [-0.15, -0.1) is 5.10 Å². The van der Waals surface area contributed by atoms with E-state index in [1.54, 1.807) is 11.8 Å². The molecule has 0 unspecified atom stereocenters. The van der Waals surface area contributed by atoms with E-state index in [-0.39, 0.29) is 0 Å². The molecule has 5 heteroatoms. The Morgan fingerprint density at radius 1 is 1.62 bits per heavy atom. The fraction of sp³-hybridized carbons (Fsp3) is 0.667. The third-order valence-electron chi connectivity index (χ3n) is 1.03. The minimum absolute atomic E-state index is 0.949. The van der Waals surface area contributed by atoms with Gasteiger partial charge in [0.05, 0.1) is 6.54 Å². The molecule has 0 aliphatic carbocycles. The highest BCUT2D eigenvalue weighted by molar-refractivity contribution is 7.99. The van der Waals surface area contributed by atoms with Gasteiger partial charge in [0.2, 0.25) is 5.16 Å². The number of tetrazole rings is 1. The van der Waals surface area contributed by atoms with Crippen molar-refractivity contribution in [2.45, 2.75) is 11.7 Å². The number of hydrogen-bond donors (Lipinski definition) is 0. The molecule has 0 aromatic carbocycles. The van der Waals surface area contributed by atoms with Crippen LogP contribution in [0.4, 0.5) is 0 Å². The summed E-state index contributed by atoms with van der Waals surface area (Å²) in [6, 6.07) is 0. The van der Waals surface area contributed by atoms with Crippen LogP contribution < -0.4 is 0 Å². The Morgan fingerprint density at radius 2 is 2.62 bits per heavy atom. The summed E-state index contributed by atoms with van der Waals surface area (Å²) in [6.45, 7) is 0.965. The predicted octanol–water partition coefficient (Wildman–Crippen LogP) is -0.221. The SMILES string of the molecule is C1Cn2nnnc2S1. The van der Waals surface area contributed by atoms with Crippen molar-refractivity contribution in [1.82, 2.24) is 20.2 Å². The average molecular weight is 128 g/mol. The molecule has 0 amide bonds. The molecule has 2 heterocycles. The third kappa shape index (κ3) is 0.445. The lowest BCUT2D eigenvalue weighted by atomic mass is 10.8. The molecule has 0 saturated heterocycles. The second-order valence-electron chi connectivity index (χ2n) is 1.53. The number of fused-ring (bicyclic) bond motifs is 1. The lowest BCUT2D eigenvalue weighted by Gasteiger charge is -1.81. The standard InChI is InChI=1S/C3H4N4S/c1-2-8-3-4-5-6-7(1)3/h1-2H2. The van der Waals surface area contributed by atoms with Crippen molar-refractivity contribution >= 4 is 11.8 Å². The molecule has 0 fully saturated rings. The monoisotopic (exact) mass is 128 g/mol. The highest BCUT2D eigenvalue weighted by atomic mass is 32.2. The summed E-state index contributed by atoms with van der Waals surface area (Å²) in [4.78, 5) is 0. The molecule has 0 N–H and O–H groups in total. The van der Waals surface area contributed by atoms with Gasteiger partial charge in [-0.05, 0) is 10.4 Å². The van der Waals surface area contributed by atoms with Gasteiger partial charge in [-0.1, -0.05) is 11.8 Å². The lowest BCUT2D eigenvalue weighted by molar-refractivity contribution is 0.606. The van der Waals surface area contributed by atoms with Gasteiger partial charge in [0.1, 0.15) is 0 Å². The highest BCUT2D eigenvalue weighted by Gasteiger charge is 2.12. The zero-order chi connectivity index (χ0) is 5.40. The van der Waals surface area contributed by atoms with Crippen molar-refractivity contribution in [3.8, 4) is 0 Å². The molecule has 1 aromatic rings. The van der Waals surface area contributed by atoms with Gasteiger partial charge in [-0.3, -0.25) is 0 Å². The van der Waals surface area contributed by atoms with E-state index in [2.05, 4.69) is 15.5 Å². The van der Waals surface area contributed by atoms with Crippen LogP contribution in [-0.2, 0) is 6.54 Å². The Hall–Kier alpha value is -0.580. The van der Waals surface area contributed by atoms with Crippen molar-refractivity contribution < 1.29 is 0 Å². The van der Waals surface area contributed by atoms with E-state index in [0.717, 1.165) is 17.5 Å². The molecular weight excluding hydrogens is 124 g/mol. The maximum atomic E-state index is 3.76. The van der Waals surface area contributed by atoms with Gasteiger partial charge in [0.25, 0.3) is 0 Å². The lowest BCUT2D eigenvalue weighted by Crippen LogP contribution is -1.95. The Morgan fingerprint density at radius 3 is 3.50 bits per heavy atom. The summed E-state index contributed by atoms with van der Waals surface area (Å²) in [7, 11) is 0. The molecule has 42 valence electrons. The minimum atomic E-state index is 0.949.